The monoisotopic (exact) mass is 356 g/mol. The fourth-order valence-electron chi connectivity index (χ4n) is 7.86. The molecule has 0 bridgehead atoms. The molecule has 0 aromatic heterocycles. The third kappa shape index (κ3) is 2.44. The van der Waals surface area contributed by atoms with Gasteiger partial charge in [-0.25, -0.2) is 0 Å². The molecular formula is C24H36O2. The summed E-state index contributed by atoms with van der Waals surface area (Å²) >= 11 is 0. The van der Waals surface area contributed by atoms with Crippen molar-refractivity contribution in [1.29, 1.82) is 0 Å². The van der Waals surface area contributed by atoms with Crippen LogP contribution in [0.2, 0.25) is 0 Å². The van der Waals surface area contributed by atoms with E-state index in [1.807, 2.05) is 6.08 Å². The topological polar surface area (TPSA) is 37.3 Å². The van der Waals surface area contributed by atoms with E-state index in [1.165, 1.54) is 36.8 Å². The SMILES string of the molecule is C/C=C1/CC2[C@H](CCC3(C)[C@@H]([C@H](C)CO)CC[C@@H]23)C2(C)CCC(=O)C=C12. The van der Waals surface area contributed by atoms with Gasteiger partial charge in [-0.15, -0.1) is 0 Å². The molecule has 3 saturated carbocycles. The second kappa shape index (κ2) is 6.33. The maximum atomic E-state index is 12.1. The Morgan fingerprint density at radius 3 is 2.69 bits per heavy atom. The van der Waals surface area contributed by atoms with E-state index < -0.39 is 0 Å². The molecule has 4 aliphatic rings. The minimum atomic E-state index is 0.195. The number of aliphatic hydroxyl groups is 1. The Morgan fingerprint density at radius 1 is 1.23 bits per heavy atom. The molecule has 3 unspecified atom stereocenters. The van der Waals surface area contributed by atoms with Gasteiger partial charge in [0, 0.05) is 13.0 Å². The van der Waals surface area contributed by atoms with Crippen molar-refractivity contribution in [3.8, 4) is 0 Å². The summed E-state index contributed by atoms with van der Waals surface area (Å²) in [4.78, 5) is 12.1. The van der Waals surface area contributed by atoms with Crippen LogP contribution in [-0.2, 0) is 4.79 Å². The molecule has 0 aliphatic heterocycles. The lowest BCUT2D eigenvalue weighted by molar-refractivity contribution is -0.117. The summed E-state index contributed by atoms with van der Waals surface area (Å²) in [6, 6.07) is 0. The highest BCUT2D eigenvalue weighted by molar-refractivity contribution is 5.92. The van der Waals surface area contributed by atoms with Gasteiger partial charge in [0.05, 0.1) is 0 Å². The summed E-state index contributed by atoms with van der Waals surface area (Å²) < 4.78 is 0. The number of aliphatic hydroxyl groups excluding tert-OH is 1. The van der Waals surface area contributed by atoms with E-state index in [0.29, 0.717) is 29.6 Å². The van der Waals surface area contributed by atoms with E-state index in [2.05, 4.69) is 33.8 Å². The summed E-state index contributed by atoms with van der Waals surface area (Å²) in [6.45, 7) is 9.72. The Morgan fingerprint density at radius 2 is 2.00 bits per heavy atom. The molecule has 4 rings (SSSR count). The van der Waals surface area contributed by atoms with Gasteiger partial charge < -0.3 is 5.11 Å². The van der Waals surface area contributed by atoms with Gasteiger partial charge in [0.25, 0.3) is 0 Å². The maximum absolute atomic E-state index is 12.1. The van der Waals surface area contributed by atoms with Gasteiger partial charge in [0.15, 0.2) is 5.78 Å². The van der Waals surface area contributed by atoms with Gasteiger partial charge in [-0.2, -0.15) is 0 Å². The highest BCUT2D eigenvalue weighted by Crippen LogP contribution is 2.68. The Hall–Kier alpha value is -0.890. The van der Waals surface area contributed by atoms with Crippen LogP contribution in [0, 0.1) is 40.4 Å². The molecule has 7 atom stereocenters. The molecule has 0 saturated heterocycles. The van der Waals surface area contributed by atoms with E-state index in [0.717, 1.165) is 37.0 Å². The number of ketones is 1. The van der Waals surface area contributed by atoms with Crippen molar-refractivity contribution in [2.45, 2.75) is 72.6 Å². The first-order chi connectivity index (χ1) is 12.3. The van der Waals surface area contributed by atoms with Crippen molar-refractivity contribution in [3.05, 3.63) is 23.3 Å². The average molecular weight is 357 g/mol. The van der Waals surface area contributed by atoms with E-state index in [-0.39, 0.29) is 5.41 Å². The third-order valence-corrected chi connectivity index (χ3v) is 9.27. The van der Waals surface area contributed by atoms with E-state index in [1.54, 1.807) is 0 Å². The molecule has 26 heavy (non-hydrogen) atoms. The summed E-state index contributed by atoms with van der Waals surface area (Å²) in [5.41, 5.74) is 3.41. The van der Waals surface area contributed by atoms with Crippen molar-refractivity contribution in [2.24, 2.45) is 40.4 Å². The summed E-state index contributed by atoms with van der Waals surface area (Å²) in [5.74, 6) is 3.69. The predicted octanol–water partition coefficient (Wildman–Crippen LogP) is 5.32. The minimum Gasteiger partial charge on any atom is -0.396 e. The largest absolute Gasteiger partial charge is 0.396 e. The molecule has 144 valence electrons. The molecule has 0 amide bonds. The van der Waals surface area contributed by atoms with Gasteiger partial charge in [-0.1, -0.05) is 26.8 Å². The van der Waals surface area contributed by atoms with Crippen LogP contribution in [0.1, 0.15) is 72.6 Å². The number of hydrogen-bond donors (Lipinski definition) is 1. The summed E-state index contributed by atoms with van der Waals surface area (Å²) in [5, 5.41) is 9.78. The van der Waals surface area contributed by atoms with E-state index >= 15 is 0 Å². The van der Waals surface area contributed by atoms with Crippen LogP contribution in [0.25, 0.3) is 0 Å². The lowest BCUT2D eigenvalue weighted by Gasteiger charge is -2.59. The number of hydrogen-bond acceptors (Lipinski definition) is 2. The number of rotatable bonds is 2. The van der Waals surface area contributed by atoms with Crippen molar-refractivity contribution < 1.29 is 9.90 Å². The summed E-state index contributed by atoms with van der Waals surface area (Å²) in [7, 11) is 0. The highest BCUT2D eigenvalue weighted by atomic mass is 16.3. The molecule has 0 aromatic rings. The molecule has 2 heteroatoms. The predicted molar refractivity (Wildman–Crippen MR) is 106 cm³/mol. The molecule has 3 fully saturated rings. The molecule has 0 spiro atoms. The smallest absolute Gasteiger partial charge is 0.156 e. The molecule has 0 radical (unpaired) electrons. The number of allylic oxidation sites excluding steroid dienone is 3. The standard InChI is InChI=1S/C24H36O2/c1-5-16-12-18-20-7-6-19(15(2)14-25)23(20,3)11-9-21(18)24(4)10-8-17(26)13-22(16)24/h5,13,15,18-21,25H,6-12,14H2,1-4H3/b16-5-/t15-,18?,19-,20+,21+,23?,24?/m1/s1. The highest BCUT2D eigenvalue weighted by Gasteiger charge is 2.60. The second-order valence-electron chi connectivity index (χ2n) is 10.2. The van der Waals surface area contributed by atoms with Crippen LogP contribution in [0.3, 0.4) is 0 Å². The third-order valence-electron chi connectivity index (χ3n) is 9.27. The number of fused-ring (bicyclic) bond motifs is 5. The molecule has 4 aliphatic carbocycles. The van der Waals surface area contributed by atoms with Gasteiger partial charge in [-0.3, -0.25) is 4.79 Å². The first-order valence-electron chi connectivity index (χ1n) is 10.9. The van der Waals surface area contributed by atoms with Crippen LogP contribution in [0.5, 0.6) is 0 Å². The van der Waals surface area contributed by atoms with Crippen LogP contribution in [0.4, 0.5) is 0 Å². The molecule has 0 heterocycles. The van der Waals surface area contributed by atoms with E-state index in [9.17, 15) is 9.90 Å². The average Bonchev–Trinajstić information content (AvgIpc) is 2.98. The zero-order valence-corrected chi connectivity index (χ0v) is 17.1. The van der Waals surface area contributed by atoms with Crippen molar-refractivity contribution in [2.75, 3.05) is 6.61 Å². The first-order valence-corrected chi connectivity index (χ1v) is 10.9. The fraction of sp³-hybridized carbons (Fsp3) is 0.792. The Labute approximate surface area is 159 Å². The Bertz CT molecular complexity index is 659. The number of carbonyl (C=O) groups is 1. The van der Waals surface area contributed by atoms with Crippen LogP contribution in [0.15, 0.2) is 23.3 Å². The quantitative estimate of drug-likeness (QED) is 0.727. The Balaban J connectivity index is 1.71. The van der Waals surface area contributed by atoms with Gasteiger partial charge in [0.1, 0.15) is 0 Å². The lowest BCUT2D eigenvalue weighted by atomic mass is 9.45. The number of carbonyl (C=O) groups excluding carboxylic acids is 1. The zero-order chi connectivity index (χ0) is 18.7. The van der Waals surface area contributed by atoms with Gasteiger partial charge in [0.2, 0.25) is 0 Å². The summed E-state index contributed by atoms with van der Waals surface area (Å²) in [6.07, 6.45) is 12.4. The van der Waals surface area contributed by atoms with Crippen molar-refractivity contribution in [3.63, 3.8) is 0 Å². The van der Waals surface area contributed by atoms with Gasteiger partial charge in [-0.05, 0) is 103 Å². The van der Waals surface area contributed by atoms with Crippen molar-refractivity contribution >= 4 is 5.78 Å². The molecule has 0 aromatic carbocycles. The molecule has 1 N–H and O–H groups in total. The lowest BCUT2D eigenvalue weighted by Crippen LogP contribution is -2.51. The van der Waals surface area contributed by atoms with Crippen LogP contribution < -0.4 is 0 Å². The normalized spacial score (nSPS) is 47.8. The van der Waals surface area contributed by atoms with Crippen molar-refractivity contribution in [1.82, 2.24) is 0 Å². The minimum absolute atomic E-state index is 0.195. The molecule has 2 nitrogen and oxygen atoms in total. The second-order valence-corrected chi connectivity index (χ2v) is 10.2. The fourth-order valence-corrected chi connectivity index (χ4v) is 7.86. The first kappa shape index (κ1) is 18.5. The molecular weight excluding hydrogens is 320 g/mol. The zero-order valence-electron chi connectivity index (χ0n) is 17.1. The van der Waals surface area contributed by atoms with Gasteiger partial charge >= 0.3 is 0 Å². The maximum Gasteiger partial charge on any atom is 0.156 e. The Kier molecular flexibility index (Phi) is 4.50. The van der Waals surface area contributed by atoms with E-state index in [4.69, 9.17) is 0 Å². The van der Waals surface area contributed by atoms with Crippen LogP contribution >= 0.6 is 0 Å². The van der Waals surface area contributed by atoms with Crippen LogP contribution in [-0.4, -0.2) is 17.5 Å².